The number of carbonyl (C=O) groups is 4. The van der Waals surface area contributed by atoms with E-state index < -0.39 is 22.6 Å². The number of amides is 4. The average Bonchev–Trinajstić information content (AvgIpc) is 4.21. The van der Waals surface area contributed by atoms with Crippen molar-refractivity contribution < 1.29 is 23.6 Å². The summed E-state index contributed by atoms with van der Waals surface area (Å²) >= 11 is 2.00. The Morgan fingerprint density at radius 3 is 2.25 bits per heavy atom. The van der Waals surface area contributed by atoms with Gasteiger partial charge in [-0.2, -0.15) is 0 Å². The van der Waals surface area contributed by atoms with E-state index in [0.29, 0.717) is 85.3 Å². The number of aryl methyl sites for hydroxylation is 1. The Balaban J connectivity index is 0.742. The number of rotatable bonds is 11. The van der Waals surface area contributed by atoms with Gasteiger partial charge in [-0.25, -0.2) is 9.18 Å². The fraction of sp³-hybridized carbons (Fsp3) is 0.462. The molecular formula is C52H58FIN10O7. The predicted octanol–water partition coefficient (Wildman–Crippen LogP) is 5.70. The molecule has 10 rings (SSSR count). The molecule has 5 fully saturated rings. The molecule has 2 aromatic carbocycles. The summed E-state index contributed by atoms with van der Waals surface area (Å²) in [5.74, 6) is -1.27. The normalized spacial score (nSPS) is 21.3. The predicted molar refractivity (Wildman–Crippen MR) is 276 cm³/mol. The highest BCUT2D eigenvalue weighted by Gasteiger charge is 2.36. The maximum Gasteiger partial charge on any atom is 0.336 e. The van der Waals surface area contributed by atoms with Crippen LogP contribution in [0.5, 0.6) is 0 Å². The summed E-state index contributed by atoms with van der Waals surface area (Å²) < 4.78 is 19.7. The Kier molecular flexibility index (Phi) is 13.7. The third-order valence-corrected chi connectivity index (χ3v) is 16.0. The molecule has 3 saturated heterocycles. The number of nitrogens with zero attached hydrogens (tertiary/aromatic N) is 7. The van der Waals surface area contributed by atoms with Crippen LogP contribution in [0.15, 0.2) is 75.3 Å². The van der Waals surface area contributed by atoms with Crippen LogP contribution >= 0.6 is 22.6 Å². The van der Waals surface area contributed by atoms with Gasteiger partial charge in [-0.3, -0.25) is 57.7 Å². The van der Waals surface area contributed by atoms with Crippen LogP contribution in [0.4, 0.5) is 27.3 Å². The fourth-order valence-corrected chi connectivity index (χ4v) is 11.6. The Bertz CT molecular complexity index is 3130. The van der Waals surface area contributed by atoms with Gasteiger partial charge in [0.1, 0.15) is 17.0 Å². The van der Waals surface area contributed by atoms with E-state index in [1.165, 1.54) is 32.9 Å². The number of piperazine rings is 1. The Labute approximate surface area is 422 Å². The van der Waals surface area contributed by atoms with Gasteiger partial charge >= 0.3 is 5.69 Å². The number of hydrogen-bond acceptors (Lipinski definition) is 11. The van der Waals surface area contributed by atoms with Crippen LogP contribution in [0.3, 0.4) is 0 Å². The van der Waals surface area contributed by atoms with E-state index in [9.17, 15) is 33.6 Å². The molecule has 1 unspecified atom stereocenters. The number of anilines is 4. The number of halogens is 2. The maximum atomic E-state index is 15.2. The summed E-state index contributed by atoms with van der Waals surface area (Å²) in [6.07, 6.45) is 10.1. The van der Waals surface area contributed by atoms with E-state index in [1.807, 2.05) is 39.8 Å². The van der Waals surface area contributed by atoms with Crippen molar-refractivity contribution in [3.8, 4) is 5.69 Å². The van der Waals surface area contributed by atoms with Crippen molar-refractivity contribution in [2.45, 2.75) is 83.1 Å². The van der Waals surface area contributed by atoms with Crippen LogP contribution < -0.4 is 37.7 Å². The van der Waals surface area contributed by atoms with E-state index in [0.717, 1.165) is 56.8 Å². The summed E-state index contributed by atoms with van der Waals surface area (Å²) in [6, 6.07) is 13.1. The fourth-order valence-electron chi connectivity index (χ4n) is 11.1. The number of pyridine rings is 2. The minimum absolute atomic E-state index is 0.0570. The molecule has 0 spiro atoms. The molecule has 71 heavy (non-hydrogen) atoms. The number of carbonyl (C=O) groups excluding carboxylic acids is 4. The molecule has 0 radical (unpaired) electrons. The molecule has 3 aromatic heterocycles. The maximum absolute atomic E-state index is 15.2. The average molecular weight is 1080 g/mol. The smallest absolute Gasteiger partial charge is 0.336 e. The zero-order valence-corrected chi connectivity index (χ0v) is 42.1. The van der Waals surface area contributed by atoms with Gasteiger partial charge < -0.3 is 20.4 Å². The highest BCUT2D eigenvalue weighted by atomic mass is 127. The van der Waals surface area contributed by atoms with Gasteiger partial charge in [0.2, 0.25) is 23.6 Å². The molecule has 372 valence electrons. The van der Waals surface area contributed by atoms with Crippen molar-refractivity contribution in [2.24, 2.45) is 24.8 Å². The molecule has 1 atom stereocenters. The lowest BCUT2D eigenvalue weighted by molar-refractivity contribution is -0.139. The van der Waals surface area contributed by atoms with E-state index in [-0.39, 0.29) is 75.4 Å². The highest BCUT2D eigenvalue weighted by Crippen LogP contribution is 2.36. The molecule has 2 saturated carbocycles. The summed E-state index contributed by atoms with van der Waals surface area (Å²) in [5, 5.41) is 8.55. The molecule has 3 aliphatic heterocycles. The minimum Gasteiger partial charge on any atom is -0.370 e. The van der Waals surface area contributed by atoms with Crippen LogP contribution in [0, 0.1) is 34.1 Å². The third-order valence-electron chi connectivity index (χ3n) is 15.3. The summed E-state index contributed by atoms with van der Waals surface area (Å²) in [4.78, 5) is 105. The first-order chi connectivity index (χ1) is 34.2. The van der Waals surface area contributed by atoms with Gasteiger partial charge in [-0.1, -0.05) is 6.07 Å². The second-order valence-electron chi connectivity index (χ2n) is 20.0. The standard InChI is InChI=1S/C52H58FIN10O7/c1-30-45-44(46(59(2)49(30)68)57-42-14-10-35(54)25-41(42)53)51(70)64(37-11-12-37)52(71)63(45)38-5-3-4-36(26-38)56-47(66)32-6-8-33(9-7-32)50(69)62-22-20-60(21-23-62)29-31-16-18-61(19-17-31)39-24-34(27-55-28-39)40-13-15-43(65)58-48(40)67/h3-5,10,14,24-28,31-33,37,40,57H,6-9,11-13,15-23,29H2,1-2H3,(H,56,66)(H,58,65,67). The Hall–Kier alpha value is -6.22. The molecule has 3 N–H and O–H groups in total. The van der Waals surface area contributed by atoms with Crippen molar-refractivity contribution in [2.75, 3.05) is 61.3 Å². The quantitative estimate of drug-likeness (QED) is 0.109. The van der Waals surface area contributed by atoms with Crippen LogP contribution in [0.1, 0.15) is 87.3 Å². The topological polar surface area (TPSA) is 193 Å². The van der Waals surface area contributed by atoms with Gasteiger partial charge in [0.25, 0.3) is 11.1 Å². The lowest BCUT2D eigenvalue weighted by Gasteiger charge is -2.40. The molecule has 2 aliphatic carbocycles. The second-order valence-corrected chi connectivity index (χ2v) is 21.2. The van der Waals surface area contributed by atoms with Gasteiger partial charge in [-0.05, 0) is 141 Å². The zero-order valence-electron chi connectivity index (χ0n) is 39.9. The number of aromatic nitrogens is 4. The van der Waals surface area contributed by atoms with Gasteiger partial charge in [0.05, 0.1) is 34.7 Å². The molecular weight excluding hydrogens is 1020 g/mol. The zero-order chi connectivity index (χ0) is 49.7. The molecule has 0 bridgehead atoms. The molecule has 17 nitrogen and oxygen atoms in total. The Morgan fingerprint density at radius 1 is 0.817 bits per heavy atom. The van der Waals surface area contributed by atoms with E-state index in [1.54, 1.807) is 43.5 Å². The Morgan fingerprint density at radius 2 is 1.55 bits per heavy atom. The number of hydrogen-bond donors (Lipinski definition) is 3. The van der Waals surface area contributed by atoms with Crippen molar-refractivity contribution >= 4 is 80.0 Å². The van der Waals surface area contributed by atoms with Crippen molar-refractivity contribution in [3.63, 3.8) is 0 Å². The number of imide groups is 1. The first kappa shape index (κ1) is 48.4. The molecule has 5 aromatic rings. The van der Waals surface area contributed by atoms with E-state index in [4.69, 9.17) is 0 Å². The molecule has 4 amide bonds. The van der Waals surface area contributed by atoms with Crippen molar-refractivity contribution in [1.82, 2.24) is 33.8 Å². The third kappa shape index (κ3) is 9.90. The lowest BCUT2D eigenvalue weighted by Crippen LogP contribution is -2.52. The highest BCUT2D eigenvalue weighted by molar-refractivity contribution is 14.1. The van der Waals surface area contributed by atoms with Gasteiger partial charge in [0, 0.05) is 98.2 Å². The second kappa shape index (κ2) is 20.1. The van der Waals surface area contributed by atoms with Crippen LogP contribution in [0.2, 0.25) is 0 Å². The summed E-state index contributed by atoms with van der Waals surface area (Å²) in [5.41, 5.74) is 1.31. The molecule has 6 heterocycles. The summed E-state index contributed by atoms with van der Waals surface area (Å²) in [7, 11) is 1.50. The number of fused-ring (bicyclic) bond motifs is 1. The number of nitrogens with one attached hydrogen (secondary N) is 3. The molecule has 5 aliphatic rings. The molecule has 19 heteroatoms. The van der Waals surface area contributed by atoms with Crippen LogP contribution in [0.25, 0.3) is 16.6 Å². The van der Waals surface area contributed by atoms with Crippen molar-refractivity contribution in [1.29, 1.82) is 0 Å². The van der Waals surface area contributed by atoms with Gasteiger partial charge in [0.15, 0.2) is 0 Å². The van der Waals surface area contributed by atoms with Crippen molar-refractivity contribution in [3.05, 3.63) is 113 Å². The van der Waals surface area contributed by atoms with E-state index in [2.05, 4.69) is 30.7 Å². The SMILES string of the molecule is Cc1c(=O)n(C)c(Nc2ccc(I)cc2F)c2c(=O)n(C3CC3)c(=O)n(-c3cccc(NC(=O)C4CCC(C(=O)N5CCN(CC6CCN(c7cncc(C8CCC(=O)NC8=O)c7)CC6)CC5)CC4)c3)c12. The van der Waals surface area contributed by atoms with E-state index >= 15 is 4.39 Å². The van der Waals surface area contributed by atoms with Crippen LogP contribution in [-0.2, 0) is 26.2 Å². The number of benzene rings is 2. The minimum atomic E-state index is -0.607. The summed E-state index contributed by atoms with van der Waals surface area (Å²) in [6.45, 7) is 7.36. The number of piperidine rings is 2. The first-order valence-corrected chi connectivity index (χ1v) is 25.9. The first-order valence-electron chi connectivity index (χ1n) is 24.8. The van der Waals surface area contributed by atoms with Crippen LogP contribution in [-0.4, -0.2) is 97.9 Å². The monoisotopic (exact) mass is 1080 g/mol. The lowest BCUT2D eigenvalue weighted by atomic mass is 9.80. The van der Waals surface area contributed by atoms with Gasteiger partial charge in [-0.15, -0.1) is 0 Å². The largest absolute Gasteiger partial charge is 0.370 e.